The van der Waals surface area contributed by atoms with Crippen LogP contribution in [-0.2, 0) is 19.6 Å². The number of carbonyl (C=O) groups excluding carboxylic acids is 1. The third-order valence-corrected chi connectivity index (χ3v) is 3.70. The maximum Gasteiger partial charge on any atom is 0.306 e. The summed E-state index contributed by atoms with van der Waals surface area (Å²) in [6.45, 7) is 3.64. The molecule has 0 bridgehead atoms. The molecule has 0 amide bonds. The maximum atomic E-state index is 11.8. The molecule has 8 heteroatoms. The largest absolute Gasteiger partial charge is 0.466 e. The number of hydrogen-bond acceptors (Lipinski definition) is 5. The first-order chi connectivity index (χ1) is 8.84. The summed E-state index contributed by atoms with van der Waals surface area (Å²) in [7, 11) is -3.66. The van der Waals surface area contributed by atoms with Gasteiger partial charge in [-0.25, -0.2) is 13.4 Å². The number of pyridine rings is 1. The Kier molecular flexibility index (Phi) is 5.56. The lowest BCUT2D eigenvalue weighted by atomic mass is 10.3. The molecular formula is C11H15ClN2O4S. The second-order valence-electron chi connectivity index (χ2n) is 3.83. The first kappa shape index (κ1) is 15.7. The molecule has 1 aromatic rings. The highest BCUT2D eigenvalue weighted by Crippen LogP contribution is 2.21. The molecule has 0 fully saturated rings. The van der Waals surface area contributed by atoms with Crippen molar-refractivity contribution in [1.82, 2.24) is 4.98 Å². The summed E-state index contributed by atoms with van der Waals surface area (Å²) < 4.78 is 30.5. The van der Waals surface area contributed by atoms with E-state index in [0.29, 0.717) is 0 Å². The van der Waals surface area contributed by atoms with Gasteiger partial charge in [-0.2, -0.15) is 0 Å². The monoisotopic (exact) mass is 306 g/mol. The third kappa shape index (κ3) is 5.44. The molecular weight excluding hydrogens is 292 g/mol. The van der Waals surface area contributed by atoms with Crippen LogP contribution < -0.4 is 4.72 Å². The lowest BCUT2D eigenvalue weighted by Gasteiger charge is -2.09. The van der Waals surface area contributed by atoms with Crippen LogP contribution in [0.5, 0.6) is 0 Å². The van der Waals surface area contributed by atoms with Crippen molar-refractivity contribution in [2.45, 2.75) is 20.3 Å². The number of esters is 1. The van der Waals surface area contributed by atoms with Crippen molar-refractivity contribution in [3.8, 4) is 0 Å². The van der Waals surface area contributed by atoms with Gasteiger partial charge in [0, 0.05) is 6.20 Å². The van der Waals surface area contributed by atoms with E-state index in [-0.39, 0.29) is 29.6 Å². The number of hydrogen-bond donors (Lipinski definition) is 1. The summed E-state index contributed by atoms with van der Waals surface area (Å²) in [5, 5.41) is 0.0605. The summed E-state index contributed by atoms with van der Waals surface area (Å²) in [4.78, 5) is 14.9. The standard InChI is InChI=1S/C11H15ClN2O4S/c1-3-18-10(15)4-5-19(16,17)14-9-6-8(2)7-13-11(9)12/h6-7,14H,3-5H2,1-2H3. The van der Waals surface area contributed by atoms with E-state index in [1.165, 1.54) is 6.20 Å². The van der Waals surface area contributed by atoms with Crippen LogP contribution in [0.3, 0.4) is 0 Å². The van der Waals surface area contributed by atoms with Crippen LogP contribution >= 0.6 is 11.6 Å². The molecule has 1 aromatic heterocycles. The minimum Gasteiger partial charge on any atom is -0.466 e. The molecule has 0 saturated carbocycles. The zero-order valence-electron chi connectivity index (χ0n) is 10.6. The summed E-state index contributed by atoms with van der Waals surface area (Å²) >= 11 is 5.79. The Morgan fingerprint density at radius 1 is 1.53 bits per heavy atom. The van der Waals surface area contributed by atoms with Crippen molar-refractivity contribution in [2.75, 3.05) is 17.1 Å². The number of ether oxygens (including phenoxy) is 1. The Balaban J connectivity index is 2.69. The molecule has 1 N–H and O–H groups in total. The Hall–Kier alpha value is -1.34. The van der Waals surface area contributed by atoms with Gasteiger partial charge in [-0.15, -0.1) is 0 Å². The molecule has 0 spiro atoms. The van der Waals surface area contributed by atoms with Gasteiger partial charge in [0.15, 0.2) is 5.15 Å². The third-order valence-electron chi connectivity index (χ3n) is 2.12. The van der Waals surface area contributed by atoms with Gasteiger partial charge < -0.3 is 4.74 Å². The fraction of sp³-hybridized carbons (Fsp3) is 0.455. The molecule has 1 heterocycles. The smallest absolute Gasteiger partial charge is 0.306 e. The van der Waals surface area contributed by atoms with Crippen LogP contribution in [0.25, 0.3) is 0 Å². The molecule has 0 aromatic carbocycles. The Morgan fingerprint density at radius 2 is 2.21 bits per heavy atom. The molecule has 6 nitrogen and oxygen atoms in total. The Morgan fingerprint density at radius 3 is 2.84 bits per heavy atom. The SMILES string of the molecule is CCOC(=O)CCS(=O)(=O)Nc1cc(C)cnc1Cl. The van der Waals surface area contributed by atoms with E-state index in [0.717, 1.165) is 5.56 Å². The van der Waals surface area contributed by atoms with Gasteiger partial charge in [0.05, 0.1) is 24.5 Å². The van der Waals surface area contributed by atoms with Crippen molar-refractivity contribution < 1.29 is 17.9 Å². The highest BCUT2D eigenvalue weighted by atomic mass is 35.5. The predicted octanol–water partition coefficient (Wildman–Crippen LogP) is 1.74. The summed E-state index contributed by atoms with van der Waals surface area (Å²) in [5.74, 6) is -0.919. The lowest BCUT2D eigenvalue weighted by molar-refractivity contribution is -0.142. The highest BCUT2D eigenvalue weighted by molar-refractivity contribution is 7.92. The van der Waals surface area contributed by atoms with E-state index in [4.69, 9.17) is 11.6 Å². The first-order valence-corrected chi connectivity index (χ1v) is 7.65. The number of nitrogens with one attached hydrogen (secondary N) is 1. The van der Waals surface area contributed by atoms with Crippen LogP contribution in [0.4, 0.5) is 5.69 Å². The minimum absolute atomic E-state index is 0.0605. The Labute approximate surface area is 117 Å². The number of sulfonamides is 1. The maximum absolute atomic E-state index is 11.8. The fourth-order valence-corrected chi connectivity index (χ4v) is 2.53. The molecule has 19 heavy (non-hydrogen) atoms. The van der Waals surface area contributed by atoms with E-state index in [2.05, 4.69) is 14.4 Å². The number of carbonyl (C=O) groups is 1. The summed E-state index contributed by atoms with van der Waals surface area (Å²) in [6, 6.07) is 1.57. The molecule has 106 valence electrons. The van der Waals surface area contributed by atoms with Gasteiger partial charge in [-0.3, -0.25) is 9.52 Å². The highest BCUT2D eigenvalue weighted by Gasteiger charge is 2.16. The van der Waals surface area contributed by atoms with E-state index < -0.39 is 16.0 Å². The molecule has 0 atom stereocenters. The zero-order valence-corrected chi connectivity index (χ0v) is 12.2. The van der Waals surface area contributed by atoms with Crippen LogP contribution in [0.2, 0.25) is 5.15 Å². The number of halogens is 1. The van der Waals surface area contributed by atoms with Gasteiger partial charge in [0.25, 0.3) is 0 Å². The molecule has 0 saturated heterocycles. The second-order valence-corrected chi connectivity index (χ2v) is 6.03. The number of rotatable bonds is 6. The average molecular weight is 307 g/mol. The van der Waals surface area contributed by atoms with Crippen LogP contribution in [-0.4, -0.2) is 31.7 Å². The molecule has 0 aliphatic heterocycles. The van der Waals surface area contributed by atoms with Gasteiger partial charge in [-0.05, 0) is 25.5 Å². The zero-order chi connectivity index (χ0) is 14.5. The van der Waals surface area contributed by atoms with Crippen molar-refractivity contribution in [1.29, 1.82) is 0 Å². The van der Waals surface area contributed by atoms with E-state index in [9.17, 15) is 13.2 Å². The number of nitrogens with zero attached hydrogens (tertiary/aromatic N) is 1. The quantitative estimate of drug-likeness (QED) is 0.639. The van der Waals surface area contributed by atoms with Crippen molar-refractivity contribution >= 4 is 33.3 Å². The van der Waals surface area contributed by atoms with Crippen molar-refractivity contribution in [3.63, 3.8) is 0 Å². The summed E-state index contributed by atoms with van der Waals surface area (Å²) in [6.07, 6.45) is 1.32. The van der Waals surface area contributed by atoms with Gasteiger partial charge in [0.2, 0.25) is 10.0 Å². The van der Waals surface area contributed by atoms with Gasteiger partial charge in [-0.1, -0.05) is 11.6 Å². The van der Waals surface area contributed by atoms with Crippen molar-refractivity contribution in [2.24, 2.45) is 0 Å². The number of aromatic nitrogens is 1. The van der Waals surface area contributed by atoms with E-state index in [1.807, 2.05) is 0 Å². The topological polar surface area (TPSA) is 85.4 Å². The molecule has 0 radical (unpaired) electrons. The van der Waals surface area contributed by atoms with Crippen molar-refractivity contribution in [3.05, 3.63) is 23.0 Å². The molecule has 0 aliphatic rings. The number of aryl methyl sites for hydroxylation is 1. The first-order valence-electron chi connectivity index (χ1n) is 5.62. The Bertz CT molecular complexity index is 560. The average Bonchev–Trinajstić information content (AvgIpc) is 2.32. The summed E-state index contributed by atoms with van der Waals surface area (Å²) in [5.41, 5.74) is 0.970. The second kappa shape index (κ2) is 6.72. The van der Waals surface area contributed by atoms with Crippen LogP contribution in [0, 0.1) is 6.92 Å². The lowest BCUT2D eigenvalue weighted by Crippen LogP contribution is -2.20. The molecule has 1 rings (SSSR count). The van der Waals surface area contributed by atoms with Gasteiger partial charge >= 0.3 is 5.97 Å². The van der Waals surface area contributed by atoms with E-state index >= 15 is 0 Å². The van der Waals surface area contributed by atoms with Crippen LogP contribution in [0.15, 0.2) is 12.3 Å². The normalized spacial score (nSPS) is 11.1. The van der Waals surface area contributed by atoms with Crippen LogP contribution in [0.1, 0.15) is 18.9 Å². The molecule has 0 aliphatic carbocycles. The fourth-order valence-electron chi connectivity index (χ4n) is 1.29. The number of anilines is 1. The predicted molar refractivity (Wildman–Crippen MR) is 72.6 cm³/mol. The van der Waals surface area contributed by atoms with E-state index in [1.54, 1.807) is 19.9 Å². The molecule has 0 unspecified atom stereocenters. The minimum atomic E-state index is -3.66. The van der Waals surface area contributed by atoms with Gasteiger partial charge in [0.1, 0.15) is 0 Å².